The molecule has 0 radical (unpaired) electrons. The van der Waals surface area contributed by atoms with Crippen molar-refractivity contribution in [2.24, 2.45) is 5.16 Å². The second-order valence-corrected chi connectivity index (χ2v) is 7.47. The molecule has 5 rings (SSSR count). The van der Waals surface area contributed by atoms with Gasteiger partial charge in [0.15, 0.2) is 11.5 Å². The molecule has 3 heterocycles. The van der Waals surface area contributed by atoms with Crippen LogP contribution in [0.4, 0.5) is 4.39 Å². The number of oxime groups is 1. The van der Waals surface area contributed by atoms with E-state index in [-0.39, 0.29) is 17.6 Å². The molecule has 0 N–H and O–H groups in total. The van der Waals surface area contributed by atoms with Gasteiger partial charge < -0.3 is 14.2 Å². The first-order chi connectivity index (χ1) is 14.2. The number of fused-ring (bicyclic) bond motifs is 1. The van der Waals surface area contributed by atoms with Crippen molar-refractivity contribution >= 4 is 22.7 Å². The number of hydrogen-bond acceptors (Lipinski definition) is 5. The van der Waals surface area contributed by atoms with Crippen LogP contribution in [-0.4, -0.2) is 40.7 Å². The van der Waals surface area contributed by atoms with E-state index in [4.69, 9.17) is 9.25 Å². The number of carbonyl (C=O) groups is 1. The highest BCUT2D eigenvalue weighted by molar-refractivity contribution is 6.04. The van der Waals surface area contributed by atoms with E-state index in [9.17, 15) is 9.18 Å². The molecule has 0 saturated carbocycles. The van der Waals surface area contributed by atoms with E-state index in [2.05, 4.69) is 10.1 Å². The standard InChI is InChI=1S/C22H20FN3O3/c23-16-5-3-4-15(12-16)18-13-20(29-25-18)22(27)26-10-8-14(9-11-26)21-24-17-6-1-2-7-19(17)28-21/h1-7,12,14,20H,8-11,13H2/t20-/m0/s1. The normalized spacial score (nSPS) is 20.0. The minimum atomic E-state index is -0.644. The molecule has 1 amide bonds. The highest BCUT2D eigenvalue weighted by Gasteiger charge is 2.35. The molecule has 2 aliphatic heterocycles. The predicted octanol–water partition coefficient (Wildman–Crippen LogP) is 3.87. The van der Waals surface area contributed by atoms with Crippen LogP contribution in [0.25, 0.3) is 11.1 Å². The van der Waals surface area contributed by atoms with Crippen LogP contribution in [0.1, 0.15) is 36.6 Å². The maximum atomic E-state index is 13.4. The maximum absolute atomic E-state index is 13.4. The van der Waals surface area contributed by atoms with Crippen molar-refractivity contribution in [3.8, 4) is 0 Å². The highest BCUT2D eigenvalue weighted by Crippen LogP contribution is 2.31. The van der Waals surface area contributed by atoms with Crippen LogP contribution in [0, 0.1) is 5.82 Å². The average Bonchev–Trinajstić information content (AvgIpc) is 3.41. The number of nitrogens with zero attached hydrogens (tertiary/aromatic N) is 3. The number of aromatic nitrogens is 1. The lowest BCUT2D eigenvalue weighted by atomic mass is 9.96. The summed E-state index contributed by atoms with van der Waals surface area (Å²) >= 11 is 0. The summed E-state index contributed by atoms with van der Waals surface area (Å²) in [5.74, 6) is 0.541. The molecule has 6 nitrogen and oxygen atoms in total. The molecule has 1 aromatic heterocycles. The molecule has 0 unspecified atom stereocenters. The quantitative estimate of drug-likeness (QED) is 0.678. The minimum Gasteiger partial charge on any atom is -0.440 e. The van der Waals surface area contributed by atoms with Gasteiger partial charge in [-0.05, 0) is 37.1 Å². The van der Waals surface area contributed by atoms with Crippen molar-refractivity contribution in [3.63, 3.8) is 0 Å². The summed E-state index contributed by atoms with van der Waals surface area (Å²) in [5.41, 5.74) is 2.91. The fraction of sp³-hybridized carbons (Fsp3) is 0.318. The first-order valence-electron chi connectivity index (χ1n) is 9.80. The molecule has 29 heavy (non-hydrogen) atoms. The van der Waals surface area contributed by atoms with Gasteiger partial charge in [0, 0.05) is 31.0 Å². The number of benzene rings is 2. The Morgan fingerprint density at radius 3 is 2.72 bits per heavy atom. The van der Waals surface area contributed by atoms with Gasteiger partial charge >= 0.3 is 0 Å². The number of likely N-dealkylation sites (tertiary alicyclic amines) is 1. The van der Waals surface area contributed by atoms with Gasteiger partial charge in [-0.1, -0.05) is 29.4 Å². The average molecular weight is 393 g/mol. The number of oxazole rings is 1. The molecule has 1 atom stereocenters. The lowest BCUT2D eigenvalue weighted by Crippen LogP contribution is -2.43. The summed E-state index contributed by atoms with van der Waals surface area (Å²) in [5, 5.41) is 4.01. The third-order valence-electron chi connectivity index (χ3n) is 5.57. The van der Waals surface area contributed by atoms with Crippen molar-refractivity contribution in [2.45, 2.75) is 31.3 Å². The van der Waals surface area contributed by atoms with E-state index in [1.165, 1.54) is 12.1 Å². The summed E-state index contributed by atoms with van der Waals surface area (Å²) in [6.07, 6.45) is 1.30. The topological polar surface area (TPSA) is 67.9 Å². The second kappa shape index (κ2) is 7.31. The SMILES string of the molecule is O=C([C@@H]1CC(c2cccc(F)c2)=NO1)N1CCC(c2nc3ccccc3o2)CC1. The number of piperidine rings is 1. The van der Waals surface area contributed by atoms with Crippen molar-refractivity contribution < 1.29 is 18.4 Å². The van der Waals surface area contributed by atoms with Gasteiger partial charge in [0.05, 0.1) is 5.71 Å². The third-order valence-corrected chi connectivity index (χ3v) is 5.57. The summed E-state index contributed by atoms with van der Waals surface area (Å²) < 4.78 is 19.3. The van der Waals surface area contributed by atoms with Crippen molar-refractivity contribution in [2.75, 3.05) is 13.1 Å². The number of halogens is 1. The van der Waals surface area contributed by atoms with E-state index in [0.29, 0.717) is 30.8 Å². The summed E-state index contributed by atoms with van der Waals surface area (Å²) in [7, 11) is 0. The monoisotopic (exact) mass is 393 g/mol. The Balaban J connectivity index is 1.19. The number of rotatable bonds is 3. The van der Waals surface area contributed by atoms with E-state index < -0.39 is 6.10 Å². The zero-order valence-corrected chi connectivity index (χ0v) is 15.8. The maximum Gasteiger partial charge on any atom is 0.266 e. The summed E-state index contributed by atoms with van der Waals surface area (Å²) in [4.78, 5) is 24.6. The van der Waals surface area contributed by atoms with Crippen molar-refractivity contribution in [1.82, 2.24) is 9.88 Å². The van der Waals surface area contributed by atoms with Crippen LogP contribution >= 0.6 is 0 Å². The number of amides is 1. The van der Waals surface area contributed by atoms with Crippen LogP contribution in [0.15, 0.2) is 58.1 Å². The molecular formula is C22H20FN3O3. The molecule has 0 aliphatic carbocycles. The molecule has 3 aromatic rings. The first kappa shape index (κ1) is 17.8. The molecule has 0 bridgehead atoms. The molecule has 148 valence electrons. The van der Waals surface area contributed by atoms with E-state index >= 15 is 0 Å². The van der Waals surface area contributed by atoms with Crippen LogP contribution < -0.4 is 0 Å². The van der Waals surface area contributed by atoms with Gasteiger partial charge in [0.25, 0.3) is 5.91 Å². The van der Waals surface area contributed by atoms with Crippen LogP contribution in [0.5, 0.6) is 0 Å². The van der Waals surface area contributed by atoms with Gasteiger partial charge in [0.2, 0.25) is 6.10 Å². The van der Waals surface area contributed by atoms with Gasteiger partial charge in [-0.25, -0.2) is 9.37 Å². The molecule has 0 spiro atoms. The van der Waals surface area contributed by atoms with Gasteiger partial charge in [-0.2, -0.15) is 0 Å². The minimum absolute atomic E-state index is 0.0730. The second-order valence-electron chi connectivity index (χ2n) is 7.47. The largest absolute Gasteiger partial charge is 0.440 e. The predicted molar refractivity (Wildman–Crippen MR) is 105 cm³/mol. The van der Waals surface area contributed by atoms with Crippen LogP contribution in [0.2, 0.25) is 0 Å². The molecule has 1 saturated heterocycles. The first-order valence-corrected chi connectivity index (χ1v) is 9.80. The Morgan fingerprint density at radius 1 is 1.10 bits per heavy atom. The van der Waals surface area contributed by atoms with Gasteiger partial charge in [-0.15, -0.1) is 0 Å². The molecular weight excluding hydrogens is 373 g/mol. The highest BCUT2D eigenvalue weighted by atomic mass is 19.1. The number of para-hydroxylation sites is 2. The Morgan fingerprint density at radius 2 is 1.93 bits per heavy atom. The fourth-order valence-electron chi connectivity index (χ4n) is 3.96. The molecule has 2 aromatic carbocycles. The molecule has 1 fully saturated rings. The van der Waals surface area contributed by atoms with E-state index in [1.54, 1.807) is 12.1 Å². The van der Waals surface area contributed by atoms with E-state index in [1.807, 2.05) is 29.2 Å². The number of hydrogen-bond donors (Lipinski definition) is 0. The Hall–Kier alpha value is -3.22. The van der Waals surface area contributed by atoms with Gasteiger partial charge in [-0.3, -0.25) is 4.79 Å². The lowest BCUT2D eigenvalue weighted by Gasteiger charge is -2.31. The third kappa shape index (κ3) is 3.48. The Labute approximate surface area is 167 Å². The van der Waals surface area contributed by atoms with Crippen molar-refractivity contribution in [3.05, 3.63) is 65.8 Å². The van der Waals surface area contributed by atoms with Crippen LogP contribution in [-0.2, 0) is 9.63 Å². The fourth-order valence-corrected chi connectivity index (χ4v) is 3.96. The number of carbonyl (C=O) groups excluding carboxylic acids is 1. The summed E-state index contributed by atoms with van der Waals surface area (Å²) in [6.45, 7) is 1.24. The summed E-state index contributed by atoms with van der Waals surface area (Å²) in [6, 6.07) is 13.9. The van der Waals surface area contributed by atoms with Crippen molar-refractivity contribution in [1.29, 1.82) is 0 Å². The molecule has 2 aliphatic rings. The van der Waals surface area contributed by atoms with E-state index in [0.717, 1.165) is 29.8 Å². The van der Waals surface area contributed by atoms with Gasteiger partial charge in [0.1, 0.15) is 11.3 Å². The zero-order valence-electron chi connectivity index (χ0n) is 15.8. The zero-order chi connectivity index (χ0) is 19.8. The molecule has 7 heteroatoms. The van der Waals surface area contributed by atoms with Crippen LogP contribution in [0.3, 0.4) is 0 Å². The Bertz CT molecular complexity index is 1050. The Kier molecular flexibility index (Phi) is 4.50. The smallest absolute Gasteiger partial charge is 0.266 e. The lowest BCUT2D eigenvalue weighted by molar-refractivity contribution is -0.143.